The van der Waals surface area contributed by atoms with Gasteiger partial charge < -0.3 is 10.5 Å². The first-order valence-corrected chi connectivity index (χ1v) is 7.72. The third kappa shape index (κ3) is 3.75. The van der Waals surface area contributed by atoms with E-state index in [-0.39, 0.29) is 0 Å². The molecule has 0 bridgehead atoms. The number of nitrogens with zero attached hydrogens (tertiary/aromatic N) is 2. The fourth-order valence-corrected chi connectivity index (χ4v) is 3.18. The Morgan fingerprint density at radius 1 is 1.48 bits per heavy atom. The van der Waals surface area contributed by atoms with Gasteiger partial charge in [0.1, 0.15) is 11.8 Å². The third-order valence-electron chi connectivity index (χ3n) is 4.57. The first kappa shape index (κ1) is 15.8. The van der Waals surface area contributed by atoms with Gasteiger partial charge in [-0.05, 0) is 43.0 Å². The van der Waals surface area contributed by atoms with Crippen LogP contribution in [0.4, 0.5) is 0 Å². The summed E-state index contributed by atoms with van der Waals surface area (Å²) < 4.78 is 5.20. The van der Waals surface area contributed by atoms with E-state index in [0.717, 1.165) is 24.6 Å². The van der Waals surface area contributed by atoms with Crippen LogP contribution in [0, 0.1) is 17.2 Å². The summed E-state index contributed by atoms with van der Waals surface area (Å²) in [5.41, 5.74) is 7.71. The van der Waals surface area contributed by atoms with Crippen molar-refractivity contribution in [1.29, 1.82) is 5.26 Å². The van der Waals surface area contributed by atoms with Crippen LogP contribution in [0.15, 0.2) is 18.2 Å². The van der Waals surface area contributed by atoms with Gasteiger partial charge >= 0.3 is 0 Å². The van der Waals surface area contributed by atoms with Crippen molar-refractivity contribution < 1.29 is 4.74 Å². The van der Waals surface area contributed by atoms with Gasteiger partial charge in [0.05, 0.1) is 12.7 Å². The zero-order valence-electron chi connectivity index (χ0n) is 13.0. The Morgan fingerprint density at radius 2 is 2.29 bits per heavy atom. The normalized spacial score (nSPS) is 22.8. The number of piperidine rings is 1. The van der Waals surface area contributed by atoms with Crippen molar-refractivity contribution in [2.24, 2.45) is 11.7 Å². The van der Waals surface area contributed by atoms with Crippen LogP contribution in [0.5, 0.6) is 5.75 Å². The van der Waals surface area contributed by atoms with E-state index in [4.69, 9.17) is 10.5 Å². The molecule has 2 atom stereocenters. The van der Waals surface area contributed by atoms with E-state index >= 15 is 0 Å². The van der Waals surface area contributed by atoms with E-state index in [1.807, 2.05) is 18.2 Å². The zero-order valence-corrected chi connectivity index (χ0v) is 13.0. The van der Waals surface area contributed by atoms with Crippen molar-refractivity contribution in [2.75, 3.05) is 20.2 Å². The zero-order chi connectivity index (χ0) is 15.2. The van der Waals surface area contributed by atoms with Crippen molar-refractivity contribution in [3.63, 3.8) is 0 Å². The van der Waals surface area contributed by atoms with Gasteiger partial charge in [-0.1, -0.05) is 19.4 Å². The summed E-state index contributed by atoms with van der Waals surface area (Å²) in [5.74, 6) is 1.45. The van der Waals surface area contributed by atoms with Gasteiger partial charge in [-0.15, -0.1) is 0 Å². The molecule has 4 heteroatoms. The summed E-state index contributed by atoms with van der Waals surface area (Å²) in [5, 5.41) is 9.18. The maximum atomic E-state index is 9.18. The summed E-state index contributed by atoms with van der Waals surface area (Å²) in [7, 11) is 1.59. The number of nitriles is 1. The van der Waals surface area contributed by atoms with Crippen LogP contribution in [0.3, 0.4) is 0 Å². The Bertz CT molecular complexity index is 509. The molecule has 0 radical (unpaired) electrons. The van der Waals surface area contributed by atoms with Crippen LogP contribution in [-0.4, -0.2) is 31.1 Å². The number of methoxy groups -OCH3 is 1. The van der Waals surface area contributed by atoms with Crippen LogP contribution in [-0.2, 0) is 6.54 Å². The second kappa shape index (κ2) is 7.44. The van der Waals surface area contributed by atoms with E-state index in [1.165, 1.54) is 19.3 Å². The summed E-state index contributed by atoms with van der Waals surface area (Å²) in [6.07, 6.45) is 3.67. The van der Waals surface area contributed by atoms with Crippen LogP contribution < -0.4 is 10.5 Å². The van der Waals surface area contributed by atoms with Gasteiger partial charge in [0, 0.05) is 19.1 Å². The van der Waals surface area contributed by atoms with Gasteiger partial charge in [-0.2, -0.15) is 5.26 Å². The molecule has 0 aliphatic carbocycles. The monoisotopic (exact) mass is 287 g/mol. The number of benzene rings is 1. The highest BCUT2D eigenvalue weighted by atomic mass is 16.5. The molecule has 114 valence electrons. The quantitative estimate of drug-likeness (QED) is 0.904. The maximum absolute atomic E-state index is 9.18. The lowest BCUT2D eigenvalue weighted by Gasteiger charge is -2.39. The predicted molar refractivity (Wildman–Crippen MR) is 84.0 cm³/mol. The Labute approximate surface area is 127 Å². The molecular weight excluding hydrogens is 262 g/mol. The minimum Gasteiger partial charge on any atom is -0.495 e. The largest absolute Gasteiger partial charge is 0.495 e. The number of rotatable bonds is 5. The first-order valence-electron chi connectivity index (χ1n) is 7.72. The SMILES string of the molecule is CCC1CCN(Cc2ccc(OC)c(C#N)c2)C(CN)C1. The molecule has 1 heterocycles. The molecule has 2 unspecified atom stereocenters. The summed E-state index contributed by atoms with van der Waals surface area (Å²) >= 11 is 0. The smallest absolute Gasteiger partial charge is 0.136 e. The summed E-state index contributed by atoms with van der Waals surface area (Å²) in [4.78, 5) is 2.45. The van der Waals surface area contributed by atoms with Gasteiger partial charge in [0.25, 0.3) is 0 Å². The van der Waals surface area contributed by atoms with Crippen molar-refractivity contribution in [3.8, 4) is 11.8 Å². The highest BCUT2D eigenvalue weighted by Crippen LogP contribution is 2.27. The molecule has 1 aromatic carbocycles. The molecular formula is C17H25N3O. The molecule has 0 spiro atoms. The molecule has 1 aliphatic rings. The molecule has 4 nitrogen and oxygen atoms in total. The number of nitrogens with two attached hydrogens (primary N) is 1. The second-order valence-corrected chi connectivity index (χ2v) is 5.81. The van der Waals surface area contributed by atoms with E-state index in [9.17, 15) is 5.26 Å². The lowest BCUT2D eigenvalue weighted by Crippen LogP contribution is -2.46. The molecule has 1 aliphatic heterocycles. The summed E-state index contributed by atoms with van der Waals surface area (Å²) in [6, 6.07) is 8.50. The molecule has 1 saturated heterocycles. The maximum Gasteiger partial charge on any atom is 0.136 e. The van der Waals surface area contributed by atoms with E-state index in [2.05, 4.69) is 17.9 Å². The van der Waals surface area contributed by atoms with Gasteiger partial charge in [-0.3, -0.25) is 4.90 Å². The van der Waals surface area contributed by atoms with E-state index in [1.54, 1.807) is 7.11 Å². The lowest BCUT2D eigenvalue weighted by atomic mass is 9.88. The molecule has 1 aromatic rings. The Kier molecular flexibility index (Phi) is 5.60. The van der Waals surface area contributed by atoms with Gasteiger partial charge in [0.15, 0.2) is 0 Å². The topological polar surface area (TPSA) is 62.3 Å². The molecule has 21 heavy (non-hydrogen) atoms. The van der Waals surface area contributed by atoms with Crippen LogP contribution in [0.1, 0.15) is 37.3 Å². The van der Waals surface area contributed by atoms with Gasteiger partial charge in [-0.25, -0.2) is 0 Å². The van der Waals surface area contributed by atoms with Crippen molar-refractivity contribution in [1.82, 2.24) is 4.90 Å². The molecule has 0 aromatic heterocycles. The van der Waals surface area contributed by atoms with Crippen LogP contribution in [0.2, 0.25) is 0 Å². The van der Waals surface area contributed by atoms with Crippen LogP contribution in [0.25, 0.3) is 0 Å². The first-order chi connectivity index (χ1) is 10.2. The van der Waals surface area contributed by atoms with E-state index < -0.39 is 0 Å². The Hall–Kier alpha value is -1.57. The minimum atomic E-state index is 0.455. The third-order valence-corrected chi connectivity index (χ3v) is 4.57. The second-order valence-electron chi connectivity index (χ2n) is 5.81. The molecule has 2 rings (SSSR count). The molecule has 0 saturated carbocycles. The summed E-state index contributed by atoms with van der Waals surface area (Å²) in [6.45, 7) is 4.92. The number of hydrogen-bond acceptors (Lipinski definition) is 4. The molecule has 2 N–H and O–H groups in total. The van der Waals surface area contributed by atoms with Crippen molar-refractivity contribution in [2.45, 2.75) is 38.8 Å². The highest BCUT2D eigenvalue weighted by Gasteiger charge is 2.26. The Balaban J connectivity index is 2.09. The van der Waals surface area contributed by atoms with Crippen molar-refractivity contribution in [3.05, 3.63) is 29.3 Å². The number of likely N-dealkylation sites (tertiary alicyclic amines) is 1. The standard InChI is InChI=1S/C17H25N3O/c1-3-13-6-7-20(16(9-13)11-19)12-14-4-5-17(21-2)15(8-14)10-18/h4-5,8,13,16H,3,6-7,9,11-12,19H2,1-2H3. The number of ether oxygens (including phenoxy) is 1. The number of hydrogen-bond donors (Lipinski definition) is 1. The molecule has 0 amide bonds. The highest BCUT2D eigenvalue weighted by molar-refractivity contribution is 5.45. The minimum absolute atomic E-state index is 0.455. The van der Waals surface area contributed by atoms with Crippen LogP contribution >= 0.6 is 0 Å². The predicted octanol–water partition coefficient (Wildman–Crippen LogP) is 2.52. The fraction of sp³-hybridized carbons (Fsp3) is 0.588. The lowest BCUT2D eigenvalue weighted by molar-refractivity contribution is 0.107. The average molecular weight is 287 g/mol. The Morgan fingerprint density at radius 3 is 2.90 bits per heavy atom. The van der Waals surface area contributed by atoms with E-state index in [0.29, 0.717) is 23.9 Å². The molecule has 1 fully saturated rings. The van der Waals surface area contributed by atoms with Crippen molar-refractivity contribution >= 4 is 0 Å². The fourth-order valence-electron chi connectivity index (χ4n) is 3.18. The average Bonchev–Trinajstić information content (AvgIpc) is 2.55. The van der Waals surface area contributed by atoms with Gasteiger partial charge in [0.2, 0.25) is 0 Å².